The zero-order valence-corrected chi connectivity index (χ0v) is 7.31. The van der Waals surface area contributed by atoms with Crippen LogP contribution in [0.3, 0.4) is 0 Å². The molecule has 0 amide bonds. The van der Waals surface area contributed by atoms with Crippen molar-refractivity contribution in [3.05, 3.63) is 29.3 Å². The molecule has 0 unspecified atom stereocenters. The van der Waals surface area contributed by atoms with Crippen molar-refractivity contribution in [3.8, 4) is 5.75 Å². The summed E-state index contributed by atoms with van der Waals surface area (Å²) in [5.41, 5.74) is 5.76. The van der Waals surface area contributed by atoms with Gasteiger partial charge in [-0.05, 0) is 18.6 Å². The second-order valence-electron chi connectivity index (χ2n) is 2.67. The molecule has 0 aromatic heterocycles. The van der Waals surface area contributed by atoms with Crippen LogP contribution < -0.4 is 10.5 Å². The Bertz CT molecular complexity index is 302. The quantitative estimate of drug-likeness (QED) is 0.780. The van der Waals surface area contributed by atoms with Crippen molar-refractivity contribution in [1.82, 2.24) is 0 Å². The SMILES string of the molecule is Cc1cc(F)c(F)cc1OCCN. The molecule has 0 saturated heterocycles. The first-order valence-electron chi connectivity index (χ1n) is 3.93. The molecule has 1 aromatic rings. The standard InChI is InChI=1S/C9H11F2NO/c1-6-4-7(10)8(11)5-9(6)13-3-2-12/h4-5H,2-3,12H2,1H3. The molecule has 0 radical (unpaired) electrons. The maximum atomic E-state index is 12.7. The highest BCUT2D eigenvalue weighted by molar-refractivity contribution is 5.33. The van der Waals surface area contributed by atoms with Crippen LogP contribution in [0.25, 0.3) is 0 Å². The highest BCUT2D eigenvalue weighted by Gasteiger charge is 2.07. The first-order valence-corrected chi connectivity index (χ1v) is 3.93. The Morgan fingerprint density at radius 1 is 1.31 bits per heavy atom. The molecule has 1 rings (SSSR count). The van der Waals surface area contributed by atoms with Crippen LogP contribution in [0.2, 0.25) is 0 Å². The Morgan fingerprint density at radius 3 is 2.54 bits per heavy atom. The van der Waals surface area contributed by atoms with Crippen LogP contribution in [0, 0.1) is 18.6 Å². The minimum absolute atomic E-state index is 0.298. The van der Waals surface area contributed by atoms with E-state index in [0.717, 1.165) is 12.1 Å². The van der Waals surface area contributed by atoms with Crippen molar-refractivity contribution in [2.24, 2.45) is 5.73 Å². The van der Waals surface area contributed by atoms with Gasteiger partial charge >= 0.3 is 0 Å². The van der Waals surface area contributed by atoms with Crippen molar-refractivity contribution in [2.75, 3.05) is 13.2 Å². The monoisotopic (exact) mass is 187 g/mol. The van der Waals surface area contributed by atoms with Gasteiger partial charge in [-0.3, -0.25) is 0 Å². The normalized spacial score (nSPS) is 10.2. The summed E-state index contributed by atoms with van der Waals surface area (Å²) in [5.74, 6) is -1.43. The third kappa shape index (κ3) is 2.39. The topological polar surface area (TPSA) is 35.2 Å². The van der Waals surface area contributed by atoms with Gasteiger partial charge in [-0.1, -0.05) is 0 Å². The predicted molar refractivity (Wildman–Crippen MR) is 45.6 cm³/mol. The Morgan fingerprint density at radius 2 is 1.92 bits per heavy atom. The molecule has 0 aliphatic rings. The van der Waals surface area contributed by atoms with Crippen molar-refractivity contribution < 1.29 is 13.5 Å². The van der Waals surface area contributed by atoms with E-state index in [1.54, 1.807) is 6.92 Å². The van der Waals surface area contributed by atoms with Crippen LogP contribution in [0.4, 0.5) is 8.78 Å². The van der Waals surface area contributed by atoms with Crippen molar-refractivity contribution in [3.63, 3.8) is 0 Å². The fourth-order valence-corrected chi connectivity index (χ4v) is 0.952. The molecule has 0 atom stereocenters. The zero-order chi connectivity index (χ0) is 9.84. The van der Waals surface area contributed by atoms with E-state index in [9.17, 15) is 8.78 Å². The van der Waals surface area contributed by atoms with E-state index in [2.05, 4.69) is 0 Å². The number of nitrogens with two attached hydrogens (primary N) is 1. The summed E-state index contributed by atoms with van der Waals surface area (Å²) in [6.07, 6.45) is 0. The first kappa shape index (κ1) is 9.92. The molecule has 0 aliphatic heterocycles. The average molecular weight is 187 g/mol. The number of benzene rings is 1. The van der Waals surface area contributed by atoms with Crippen LogP contribution in [-0.4, -0.2) is 13.2 Å². The van der Waals surface area contributed by atoms with Crippen LogP contribution in [0.1, 0.15) is 5.56 Å². The molecule has 0 fully saturated rings. The summed E-state index contributed by atoms with van der Waals surface area (Å²) >= 11 is 0. The molecule has 4 heteroatoms. The zero-order valence-electron chi connectivity index (χ0n) is 7.31. The van der Waals surface area contributed by atoms with Gasteiger partial charge in [0.25, 0.3) is 0 Å². The summed E-state index contributed by atoms with van der Waals surface area (Å²) in [6.45, 7) is 2.29. The van der Waals surface area contributed by atoms with Gasteiger partial charge in [-0.2, -0.15) is 0 Å². The summed E-state index contributed by atoms with van der Waals surface area (Å²) in [7, 11) is 0. The fraction of sp³-hybridized carbons (Fsp3) is 0.333. The smallest absolute Gasteiger partial charge is 0.162 e. The Balaban J connectivity index is 2.88. The minimum Gasteiger partial charge on any atom is -0.492 e. The van der Waals surface area contributed by atoms with Gasteiger partial charge in [0.05, 0.1) is 0 Å². The molecular formula is C9H11F2NO. The second-order valence-corrected chi connectivity index (χ2v) is 2.67. The molecule has 13 heavy (non-hydrogen) atoms. The molecule has 1 aromatic carbocycles. The van der Waals surface area contributed by atoms with Gasteiger partial charge in [0.15, 0.2) is 11.6 Å². The number of halogens is 2. The van der Waals surface area contributed by atoms with Gasteiger partial charge in [-0.15, -0.1) is 0 Å². The highest BCUT2D eigenvalue weighted by atomic mass is 19.2. The fourth-order valence-electron chi connectivity index (χ4n) is 0.952. The lowest BCUT2D eigenvalue weighted by atomic mass is 10.2. The lowest BCUT2D eigenvalue weighted by Gasteiger charge is -2.07. The van der Waals surface area contributed by atoms with Crippen LogP contribution in [0.15, 0.2) is 12.1 Å². The largest absolute Gasteiger partial charge is 0.492 e. The lowest BCUT2D eigenvalue weighted by Crippen LogP contribution is -2.11. The maximum absolute atomic E-state index is 12.7. The van der Waals surface area contributed by atoms with Crippen LogP contribution in [-0.2, 0) is 0 Å². The Labute approximate surface area is 75.3 Å². The molecule has 0 spiro atoms. The summed E-state index contributed by atoms with van der Waals surface area (Å²) in [5, 5.41) is 0. The third-order valence-corrected chi connectivity index (χ3v) is 1.59. The van der Waals surface area contributed by atoms with Crippen molar-refractivity contribution >= 4 is 0 Å². The molecule has 0 saturated carbocycles. The van der Waals surface area contributed by atoms with E-state index >= 15 is 0 Å². The van der Waals surface area contributed by atoms with E-state index < -0.39 is 11.6 Å². The number of ether oxygens (including phenoxy) is 1. The molecule has 72 valence electrons. The third-order valence-electron chi connectivity index (χ3n) is 1.59. The van der Waals surface area contributed by atoms with Crippen molar-refractivity contribution in [1.29, 1.82) is 0 Å². The minimum atomic E-state index is -0.905. The Kier molecular flexibility index (Phi) is 3.19. The van der Waals surface area contributed by atoms with Gasteiger partial charge in [0.1, 0.15) is 12.4 Å². The van der Waals surface area contributed by atoms with Crippen molar-refractivity contribution in [2.45, 2.75) is 6.92 Å². The molecule has 2 nitrogen and oxygen atoms in total. The van der Waals surface area contributed by atoms with E-state index in [4.69, 9.17) is 10.5 Å². The lowest BCUT2D eigenvalue weighted by molar-refractivity contribution is 0.322. The molecule has 0 aliphatic carbocycles. The summed E-state index contributed by atoms with van der Waals surface area (Å²) in [4.78, 5) is 0. The molecule has 0 heterocycles. The van der Waals surface area contributed by atoms with Gasteiger partial charge < -0.3 is 10.5 Å². The van der Waals surface area contributed by atoms with Crippen LogP contribution >= 0.6 is 0 Å². The maximum Gasteiger partial charge on any atom is 0.162 e. The molecular weight excluding hydrogens is 176 g/mol. The number of aryl methyl sites for hydroxylation is 1. The van der Waals surface area contributed by atoms with Gasteiger partial charge in [0.2, 0.25) is 0 Å². The summed E-state index contributed by atoms with van der Waals surface area (Å²) in [6, 6.07) is 2.13. The van der Waals surface area contributed by atoms with E-state index in [-0.39, 0.29) is 0 Å². The number of hydrogen-bond donors (Lipinski definition) is 1. The number of rotatable bonds is 3. The van der Waals surface area contributed by atoms with E-state index in [1.165, 1.54) is 0 Å². The first-order chi connectivity index (χ1) is 6.15. The van der Waals surface area contributed by atoms with E-state index in [0.29, 0.717) is 24.5 Å². The summed E-state index contributed by atoms with van der Waals surface area (Å²) < 4.78 is 30.4. The van der Waals surface area contributed by atoms with Crippen LogP contribution in [0.5, 0.6) is 5.75 Å². The van der Waals surface area contributed by atoms with Gasteiger partial charge in [-0.25, -0.2) is 8.78 Å². The Hall–Kier alpha value is -1.16. The van der Waals surface area contributed by atoms with E-state index in [1.807, 2.05) is 0 Å². The molecule has 0 bridgehead atoms. The highest BCUT2D eigenvalue weighted by Crippen LogP contribution is 2.20. The predicted octanol–water partition coefficient (Wildman–Crippen LogP) is 1.61. The molecule has 2 N–H and O–H groups in total. The second kappa shape index (κ2) is 4.18. The number of hydrogen-bond acceptors (Lipinski definition) is 2. The average Bonchev–Trinajstić information content (AvgIpc) is 2.09. The van der Waals surface area contributed by atoms with Gasteiger partial charge in [0, 0.05) is 12.6 Å².